The predicted molar refractivity (Wildman–Crippen MR) is 104 cm³/mol. The maximum Gasteiger partial charge on any atom is 0.255 e. The van der Waals surface area contributed by atoms with Crippen molar-refractivity contribution < 1.29 is 14.3 Å². The quantitative estimate of drug-likeness (QED) is 0.665. The van der Waals surface area contributed by atoms with Crippen molar-refractivity contribution in [3.8, 4) is 22.9 Å². The molecule has 0 fully saturated rings. The third-order valence-corrected chi connectivity index (χ3v) is 4.06. The van der Waals surface area contributed by atoms with Crippen LogP contribution in [0.4, 0.5) is 5.69 Å². The number of benzene rings is 2. The van der Waals surface area contributed by atoms with Crippen LogP contribution in [0.1, 0.15) is 23.1 Å². The minimum absolute atomic E-state index is 0.306. The first-order valence-electron chi connectivity index (χ1n) is 8.33. The largest absolute Gasteiger partial charge is 0.493 e. The van der Waals surface area contributed by atoms with Crippen molar-refractivity contribution in [2.24, 2.45) is 0 Å². The van der Waals surface area contributed by atoms with Crippen LogP contribution in [0.2, 0.25) is 5.02 Å². The van der Waals surface area contributed by atoms with Gasteiger partial charge in [-0.25, -0.2) is 4.98 Å². The molecule has 27 heavy (non-hydrogen) atoms. The molecule has 0 atom stereocenters. The Morgan fingerprint density at radius 3 is 2.59 bits per heavy atom. The molecule has 1 amide bonds. The predicted octanol–water partition coefficient (Wildman–Crippen LogP) is 4.09. The van der Waals surface area contributed by atoms with Gasteiger partial charge < -0.3 is 14.8 Å². The number of nitrogens with zero attached hydrogens (tertiary/aromatic N) is 2. The highest BCUT2D eigenvalue weighted by Crippen LogP contribution is 2.36. The van der Waals surface area contributed by atoms with E-state index in [0.717, 1.165) is 11.4 Å². The van der Waals surface area contributed by atoms with Gasteiger partial charge in [0, 0.05) is 16.8 Å². The Morgan fingerprint density at radius 1 is 1.26 bits per heavy atom. The zero-order valence-corrected chi connectivity index (χ0v) is 15.9. The number of anilines is 1. The Bertz CT molecular complexity index is 954. The van der Waals surface area contributed by atoms with Gasteiger partial charge in [0.05, 0.1) is 18.7 Å². The van der Waals surface area contributed by atoms with Crippen molar-refractivity contribution in [1.29, 1.82) is 0 Å². The second kappa shape index (κ2) is 8.09. The number of H-pyrrole nitrogens is 1. The van der Waals surface area contributed by atoms with Gasteiger partial charge >= 0.3 is 0 Å². The van der Waals surface area contributed by atoms with E-state index in [4.69, 9.17) is 21.1 Å². The first-order chi connectivity index (χ1) is 13.0. The molecule has 2 aromatic carbocycles. The summed E-state index contributed by atoms with van der Waals surface area (Å²) in [5.74, 6) is 1.87. The summed E-state index contributed by atoms with van der Waals surface area (Å²) in [6.07, 6.45) is 0. The van der Waals surface area contributed by atoms with Crippen LogP contribution < -0.4 is 14.8 Å². The normalized spacial score (nSPS) is 10.5. The molecular formula is C19H19ClN4O3. The smallest absolute Gasteiger partial charge is 0.255 e. The molecule has 0 unspecified atom stereocenters. The van der Waals surface area contributed by atoms with Gasteiger partial charge in [0.15, 0.2) is 17.3 Å². The number of amides is 1. The van der Waals surface area contributed by atoms with Crippen molar-refractivity contribution >= 4 is 23.2 Å². The lowest BCUT2D eigenvalue weighted by atomic mass is 10.1. The van der Waals surface area contributed by atoms with E-state index in [1.807, 2.05) is 26.0 Å². The Morgan fingerprint density at radius 2 is 2.00 bits per heavy atom. The fraction of sp³-hybridized carbons (Fsp3) is 0.211. The van der Waals surface area contributed by atoms with Crippen LogP contribution in [0.15, 0.2) is 36.4 Å². The average Bonchev–Trinajstić information content (AvgIpc) is 3.10. The van der Waals surface area contributed by atoms with Crippen LogP contribution in [0.25, 0.3) is 11.4 Å². The number of hydrogen-bond donors (Lipinski definition) is 2. The van der Waals surface area contributed by atoms with Gasteiger partial charge in [0.2, 0.25) is 0 Å². The molecule has 0 aliphatic carbocycles. The monoisotopic (exact) mass is 386 g/mol. The Hall–Kier alpha value is -3.06. The molecule has 2 N–H and O–H groups in total. The second-order valence-electron chi connectivity index (χ2n) is 5.70. The third kappa shape index (κ3) is 4.20. The number of nitrogens with one attached hydrogen (secondary N) is 2. The highest BCUT2D eigenvalue weighted by molar-refractivity contribution is 6.32. The van der Waals surface area contributed by atoms with Crippen molar-refractivity contribution in [2.75, 3.05) is 19.0 Å². The molecular weight excluding hydrogens is 368 g/mol. The summed E-state index contributed by atoms with van der Waals surface area (Å²) in [6, 6.07) is 10.4. The molecule has 0 aliphatic heterocycles. The lowest BCUT2D eigenvalue weighted by molar-refractivity contribution is 0.102. The maximum atomic E-state index is 12.6. The molecule has 1 aromatic heterocycles. The number of aromatic nitrogens is 3. The number of halogens is 1. The number of methoxy groups -OCH3 is 1. The number of ether oxygens (including phenoxy) is 2. The van der Waals surface area contributed by atoms with Gasteiger partial charge in [0.1, 0.15) is 5.82 Å². The minimum atomic E-state index is -0.306. The summed E-state index contributed by atoms with van der Waals surface area (Å²) in [5.41, 5.74) is 1.86. The number of carbonyl (C=O) groups excluding carboxylic acids is 1. The number of aromatic amines is 1. The van der Waals surface area contributed by atoms with Crippen molar-refractivity contribution in [2.45, 2.75) is 13.8 Å². The van der Waals surface area contributed by atoms with E-state index in [-0.39, 0.29) is 5.91 Å². The summed E-state index contributed by atoms with van der Waals surface area (Å²) in [5, 5.41) is 10.1. The molecule has 0 saturated carbocycles. The topological polar surface area (TPSA) is 89.1 Å². The third-order valence-electron chi connectivity index (χ3n) is 3.78. The number of carbonyl (C=O) groups is 1. The van der Waals surface area contributed by atoms with E-state index in [9.17, 15) is 4.79 Å². The highest BCUT2D eigenvalue weighted by atomic mass is 35.5. The van der Waals surface area contributed by atoms with Crippen molar-refractivity contribution in [1.82, 2.24) is 15.2 Å². The number of hydrogen-bond acceptors (Lipinski definition) is 5. The zero-order valence-electron chi connectivity index (χ0n) is 15.2. The summed E-state index contributed by atoms with van der Waals surface area (Å²) < 4.78 is 10.7. The van der Waals surface area contributed by atoms with Gasteiger partial charge in [-0.2, -0.15) is 5.10 Å². The first-order valence-corrected chi connectivity index (χ1v) is 8.70. The van der Waals surface area contributed by atoms with E-state index < -0.39 is 0 Å². The number of aryl methyl sites for hydroxylation is 1. The Labute approximate surface area is 161 Å². The molecule has 0 bridgehead atoms. The molecule has 0 aliphatic rings. The van der Waals surface area contributed by atoms with Crippen molar-refractivity contribution in [3.63, 3.8) is 0 Å². The van der Waals surface area contributed by atoms with Gasteiger partial charge in [-0.05, 0) is 50.2 Å². The first kappa shape index (κ1) is 18.7. The van der Waals surface area contributed by atoms with E-state index in [1.54, 1.807) is 24.3 Å². The van der Waals surface area contributed by atoms with E-state index in [0.29, 0.717) is 40.2 Å². The fourth-order valence-corrected chi connectivity index (χ4v) is 2.78. The summed E-state index contributed by atoms with van der Waals surface area (Å²) in [7, 11) is 1.50. The SMILES string of the molecule is CCOc1c(Cl)cc(C(=O)Nc2ccc(-c3n[nH]c(C)n3)cc2)cc1OC. The molecule has 1 heterocycles. The molecule has 0 spiro atoms. The molecule has 0 radical (unpaired) electrons. The standard InChI is InChI=1S/C19H19ClN4O3/c1-4-27-17-15(20)9-13(10-16(17)26-3)19(25)22-14-7-5-12(6-8-14)18-21-11(2)23-24-18/h5-10H,4H2,1-3H3,(H,22,25)(H,21,23,24). The van der Waals surface area contributed by atoms with Crippen LogP contribution in [-0.4, -0.2) is 34.8 Å². The molecule has 7 nitrogen and oxygen atoms in total. The van der Waals surface area contributed by atoms with Crippen LogP contribution >= 0.6 is 11.6 Å². The lowest BCUT2D eigenvalue weighted by Crippen LogP contribution is -2.12. The zero-order chi connectivity index (χ0) is 19.4. The molecule has 0 saturated heterocycles. The fourth-order valence-electron chi connectivity index (χ4n) is 2.51. The van der Waals surface area contributed by atoms with Crippen LogP contribution in [0.3, 0.4) is 0 Å². The van der Waals surface area contributed by atoms with Crippen LogP contribution in [0, 0.1) is 6.92 Å². The van der Waals surface area contributed by atoms with Crippen LogP contribution in [0.5, 0.6) is 11.5 Å². The Kier molecular flexibility index (Phi) is 5.61. The molecule has 3 aromatic rings. The molecule has 140 valence electrons. The highest BCUT2D eigenvalue weighted by Gasteiger charge is 2.16. The second-order valence-corrected chi connectivity index (χ2v) is 6.11. The molecule has 3 rings (SSSR count). The summed E-state index contributed by atoms with van der Waals surface area (Å²) in [4.78, 5) is 16.8. The molecule has 8 heteroatoms. The van der Waals surface area contributed by atoms with Crippen molar-refractivity contribution in [3.05, 3.63) is 52.8 Å². The van der Waals surface area contributed by atoms with Gasteiger partial charge in [-0.1, -0.05) is 11.6 Å². The van der Waals surface area contributed by atoms with E-state index in [1.165, 1.54) is 7.11 Å². The Balaban J connectivity index is 1.78. The maximum absolute atomic E-state index is 12.6. The van der Waals surface area contributed by atoms with Crippen LogP contribution in [-0.2, 0) is 0 Å². The number of rotatable bonds is 6. The van der Waals surface area contributed by atoms with Gasteiger partial charge in [-0.15, -0.1) is 0 Å². The summed E-state index contributed by atoms with van der Waals surface area (Å²) in [6.45, 7) is 4.12. The van der Waals surface area contributed by atoms with E-state index in [2.05, 4.69) is 20.5 Å². The minimum Gasteiger partial charge on any atom is -0.493 e. The summed E-state index contributed by atoms with van der Waals surface area (Å²) >= 11 is 6.23. The van der Waals surface area contributed by atoms with Gasteiger partial charge in [0.25, 0.3) is 5.91 Å². The van der Waals surface area contributed by atoms with Gasteiger partial charge in [-0.3, -0.25) is 9.89 Å². The lowest BCUT2D eigenvalue weighted by Gasteiger charge is -2.13. The van der Waals surface area contributed by atoms with E-state index >= 15 is 0 Å². The average molecular weight is 387 g/mol.